The highest BCUT2D eigenvalue weighted by Gasteiger charge is 2.24. The van der Waals surface area contributed by atoms with Crippen LogP contribution in [-0.4, -0.2) is 49.0 Å². The van der Waals surface area contributed by atoms with Crippen LogP contribution in [0.15, 0.2) is 85.1 Å². The highest BCUT2D eigenvalue weighted by atomic mass is 32.2. The van der Waals surface area contributed by atoms with Crippen LogP contribution in [0.4, 0.5) is 33.4 Å². The fourth-order valence-electron chi connectivity index (χ4n) is 5.58. The third-order valence-corrected chi connectivity index (χ3v) is 10.5. The summed E-state index contributed by atoms with van der Waals surface area (Å²) in [5, 5.41) is 11.2. The summed E-state index contributed by atoms with van der Waals surface area (Å²) in [5.74, 6) is 2.43. The van der Waals surface area contributed by atoms with Crippen LogP contribution in [0.5, 0.6) is 23.0 Å². The van der Waals surface area contributed by atoms with Crippen LogP contribution in [-0.2, 0) is 25.5 Å². The van der Waals surface area contributed by atoms with E-state index in [1.165, 1.54) is 20.5 Å². The molecule has 52 heavy (non-hydrogen) atoms. The van der Waals surface area contributed by atoms with Crippen LogP contribution in [0.3, 0.4) is 0 Å². The van der Waals surface area contributed by atoms with Gasteiger partial charge in [-0.15, -0.1) is 0 Å². The molecule has 0 aliphatic rings. The average molecular weight is 746 g/mol. The first kappa shape index (κ1) is 38.1. The normalized spacial score (nSPS) is 13.1. The number of pyridine rings is 1. The summed E-state index contributed by atoms with van der Waals surface area (Å²) < 4.78 is 51.0. The van der Waals surface area contributed by atoms with E-state index in [-0.39, 0.29) is 5.41 Å². The number of aromatic nitrogens is 1. The van der Waals surface area contributed by atoms with E-state index in [2.05, 4.69) is 46.4 Å². The molecular weight excluding hydrogens is 701 g/mol. The van der Waals surface area contributed by atoms with E-state index >= 15 is 0 Å². The molecule has 5 rings (SSSR count). The van der Waals surface area contributed by atoms with Gasteiger partial charge >= 0.3 is 6.03 Å². The van der Waals surface area contributed by atoms with Crippen LogP contribution >= 0.6 is 7.37 Å². The van der Waals surface area contributed by atoms with Crippen molar-refractivity contribution in [2.24, 2.45) is 0 Å². The molecule has 0 saturated heterocycles. The number of urea groups is 1. The van der Waals surface area contributed by atoms with Crippen molar-refractivity contribution >= 4 is 69.0 Å². The summed E-state index contributed by atoms with van der Waals surface area (Å²) in [6.45, 7) is 9.85. The standard InChI is InChI=1S/C38H44N5O7PS/c1-9-49-51(7,45)34-17-14-25(22-33(34)47-5)40-35-23-26(18-19-39-35)50-32-16-15-29(27-12-10-11-13-28(27)32)41-37(44)42-30-20-24(38(2,3)4)21-31(36(30)48-6)43-52(8)46/h10-23,43H,9H2,1-8H3,(H,39,40)(H2,41,42,44). The Bertz CT molecular complexity index is 2170. The van der Waals surface area contributed by atoms with Gasteiger partial charge in [-0.1, -0.05) is 45.0 Å². The molecule has 5 aromatic rings. The molecule has 0 bridgehead atoms. The van der Waals surface area contributed by atoms with Gasteiger partial charge in [0, 0.05) is 47.7 Å². The van der Waals surface area contributed by atoms with Crippen LogP contribution in [0, 0.1) is 0 Å². The van der Waals surface area contributed by atoms with Crippen molar-refractivity contribution in [3.05, 3.63) is 90.6 Å². The van der Waals surface area contributed by atoms with Crippen LogP contribution in [0.2, 0.25) is 0 Å². The average Bonchev–Trinajstić information content (AvgIpc) is 3.08. The van der Waals surface area contributed by atoms with E-state index in [9.17, 15) is 13.6 Å². The Balaban J connectivity index is 1.37. The molecule has 14 heteroatoms. The number of hydrogen-bond acceptors (Lipinski definition) is 9. The molecule has 0 aliphatic heterocycles. The molecule has 0 aliphatic carbocycles. The van der Waals surface area contributed by atoms with Gasteiger partial charge < -0.3 is 39.4 Å². The SMILES string of the molecule is CCOP(C)(=O)c1ccc(Nc2cc(Oc3ccc(NC(=O)Nc4cc(C(C)(C)C)cc(NS(C)=O)c4OC)c4ccccc34)ccn2)cc1OC. The van der Waals surface area contributed by atoms with Gasteiger partial charge in [-0.3, -0.25) is 4.57 Å². The lowest BCUT2D eigenvalue weighted by Crippen LogP contribution is -2.21. The molecule has 4 N–H and O–H groups in total. The van der Waals surface area contributed by atoms with E-state index in [1.54, 1.807) is 62.2 Å². The number of methoxy groups -OCH3 is 2. The van der Waals surface area contributed by atoms with Crippen molar-refractivity contribution in [1.29, 1.82) is 0 Å². The zero-order valence-corrected chi connectivity index (χ0v) is 32.2. The Morgan fingerprint density at radius 1 is 0.865 bits per heavy atom. The van der Waals surface area contributed by atoms with E-state index in [0.717, 1.165) is 16.3 Å². The molecule has 2 unspecified atom stereocenters. The fourth-order valence-corrected chi connectivity index (χ4v) is 7.57. The zero-order valence-electron chi connectivity index (χ0n) is 30.5. The number of carbonyl (C=O) groups is 1. The van der Waals surface area contributed by atoms with Gasteiger partial charge in [0.05, 0.1) is 43.2 Å². The molecule has 0 spiro atoms. The molecule has 274 valence electrons. The lowest BCUT2D eigenvalue weighted by Gasteiger charge is -2.24. The predicted octanol–water partition coefficient (Wildman–Crippen LogP) is 9.00. The molecule has 2 amide bonds. The van der Waals surface area contributed by atoms with Gasteiger partial charge in [-0.05, 0) is 60.4 Å². The predicted molar refractivity (Wildman–Crippen MR) is 211 cm³/mol. The van der Waals surface area contributed by atoms with Crippen molar-refractivity contribution in [3.63, 3.8) is 0 Å². The van der Waals surface area contributed by atoms with Gasteiger partial charge in [0.25, 0.3) is 0 Å². The largest absolute Gasteiger partial charge is 0.496 e. The van der Waals surface area contributed by atoms with Gasteiger partial charge in [0.1, 0.15) is 34.1 Å². The quantitative estimate of drug-likeness (QED) is 0.0867. The Kier molecular flexibility index (Phi) is 11.8. The molecule has 12 nitrogen and oxygen atoms in total. The molecule has 1 heterocycles. The number of benzene rings is 4. The summed E-state index contributed by atoms with van der Waals surface area (Å²) >= 11 is 0. The van der Waals surface area contributed by atoms with Crippen LogP contribution < -0.4 is 40.2 Å². The topological polar surface area (TPSA) is 149 Å². The summed E-state index contributed by atoms with van der Waals surface area (Å²) in [6, 6.07) is 23.2. The lowest BCUT2D eigenvalue weighted by molar-refractivity contribution is 0.262. The second kappa shape index (κ2) is 16.1. The number of amides is 2. The number of hydrogen-bond donors (Lipinski definition) is 4. The zero-order chi connectivity index (χ0) is 37.6. The number of carbonyl (C=O) groups excluding carboxylic acids is 1. The van der Waals surface area contributed by atoms with Crippen molar-refractivity contribution in [1.82, 2.24) is 4.98 Å². The van der Waals surface area contributed by atoms with E-state index in [4.69, 9.17) is 18.7 Å². The smallest absolute Gasteiger partial charge is 0.323 e. The van der Waals surface area contributed by atoms with E-state index in [0.29, 0.717) is 63.5 Å². The molecule has 0 radical (unpaired) electrons. The number of rotatable bonds is 13. The summed E-state index contributed by atoms with van der Waals surface area (Å²) in [6.07, 6.45) is 3.16. The second-order valence-electron chi connectivity index (χ2n) is 12.9. The minimum absolute atomic E-state index is 0.256. The van der Waals surface area contributed by atoms with Gasteiger partial charge in [-0.25, -0.2) is 14.0 Å². The first-order valence-electron chi connectivity index (χ1n) is 16.5. The van der Waals surface area contributed by atoms with Crippen LogP contribution in [0.1, 0.15) is 33.3 Å². The number of fused-ring (bicyclic) bond motifs is 1. The number of nitrogens with zero attached hydrogens (tertiary/aromatic N) is 1. The maximum atomic E-state index is 13.5. The van der Waals surface area contributed by atoms with Gasteiger partial charge in [0.15, 0.2) is 5.75 Å². The molecule has 0 fully saturated rings. The first-order valence-corrected chi connectivity index (χ1v) is 20.1. The van der Waals surface area contributed by atoms with Crippen LogP contribution in [0.25, 0.3) is 10.8 Å². The monoisotopic (exact) mass is 745 g/mol. The Labute approximate surface area is 306 Å². The first-order chi connectivity index (χ1) is 24.7. The van der Waals surface area contributed by atoms with Crippen molar-refractivity contribution < 1.29 is 32.3 Å². The van der Waals surface area contributed by atoms with Gasteiger partial charge in [0.2, 0.25) is 7.37 Å². The molecule has 1 aromatic heterocycles. The summed E-state index contributed by atoms with van der Waals surface area (Å²) in [7, 11) is -1.39. The highest BCUT2D eigenvalue weighted by molar-refractivity contribution is 7.85. The Hall–Kier alpha value is -5.10. The Morgan fingerprint density at radius 3 is 2.25 bits per heavy atom. The maximum Gasteiger partial charge on any atom is 0.323 e. The Morgan fingerprint density at radius 2 is 1.58 bits per heavy atom. The minimum Gasteiger partial charge on any atom is -0.496 e. The third kappa shape index (κ3) is 9.03. The summed E-state index contributed by atoms with van der Waals surface area (Å²) in [5.41, 5.74) is 2.84. The van der Waals surface area contributed by atoms with E-state index < -0.39 is 24.4 Å². The second-order valence-corrected chi connectivity index (χ2v) is 16.4. The highest BCUT2D eigenvalue weighted by Crippen LogP contribution is 2.45. The van der Waals surface area contributed by atoms with E-state index in [1.807, 2.05) is 36.4 Å². The van der Waals surface area contributed by atoms with Crippen molar-refractivity contribution in [3.8, 4) is 23.0 Å². The lowest BCUT2D eigenvalue weighted by atomic mass is 9.86. The molecular formula is C38H44N5O7PS. The number of anilines is 5. The van der Waals surface area contributed by atoms with Gasteiger partial charge in [-0.2, -0.15) is 0 Å². The van der Waals surface area contributed by atoms with Crippen molar-refractivity contribution in [2.75, 3.05) is 54.4 Å². The fraction of sp³-hybridized carbons (Fsp3) is 0.263. The third-order valence-electron chi connectivity index (χ3n) is 8.02. The molecule has 0 saturated carbocycles. The minimum atomic E-state index is -3.05. The molecule has 2 atom stereocenters. The number of ether oxygens (including phenoxy) is 3. The molecule has 4 aromatic carbocycles. The maximum absolute atomic E-state index is 13.5. The van der Waals surface area contributed by atoms with Crippen molar-refractivity contribution in [2.45, 2.75) is 33.1 Å². The summed E-state index contributed by atoms with van der Waals surface area (Å²) in [4.78, 5) is 17.9. The number of nitrogens with one attached hydrogen (secondary N) is 4.